The van der Waals surface area contributed by atoms with Crippen LogP contribution in [-0.2, 0) is 4.79 Å². The van der Waals surface area contributed by atoms with E-state index in [0.29, 0.717) is 25.1 Å². The Labute approximate surface area is 120 Å². The second kappa shape index (κ2) is 6.07. The molecule has 1 aliphatic heterocycles. The third-order valence-corrected chi connectivity index (χ3v) is 3.83. The van der Waals surface area contributed by atoms with Crippen molar-refractivity contribution in [2.75, 3.05) is 13.1 Å². The molecular weight excluding hydrogens is 252 g/mol. The SMILES string of the molecule is CCC(=O)N1CC(C)N(C(=O)c2ccccc2)C(C)C1. The molecule has 1 aliphatic rings. The fourth-order valence-corrected chi connectivity index (χ4v) is 2.88. The van der Waals surface area contributed by atoms with Gasteiger partial charge in [-0.1, -0.05) is 25.1 Å². The van der Waals surface area contributed by atoms with Gasteiger partial charge in [-0.2, -0.15) is 0 Å². The van der Waals surface area contributed by atoms with Crippen LogP contribution >= 0.6 is 0 Å². The van der Waals surface area contributed by atoms with Gasteiger partial charge in [0.05, 0.1) is 0 Å². The van der Waals surface area contributed by atoms with E-state index in [1.54, 1.807) is 0 Å². The van der Waals surface area contributed by atoms with Crippen molar-refractivity contribution in [1.29, 1.82) is 0 Å². The Kier molecular flexibility index (Phi) is 4.42. The van der Waals surface area contributed by atoms with Crippen LogP contribution in [0.3, 0.4) is 0 Å². The zero-order chi connectivity index (χ0) is 14.7. The van der Waals surface area contributed by atoms with E-state index in [4.69, 9.17) is 0 Å². The third kappa shape index (κ3) is 2.84. The topological polar surface area (TPSA) is 40.6 Å². The zero-order valence-corrected chi connectivity index (χ0v) is 12.4. The fourth-order valence-electron chi connectivity index (χ4n) is 2.88. The quantitative estimate of drug-likeness (QED) is 0.829. The Balaban J connectivity index is 2.14. The summed E-state index contributed by atoms with van der Waals surface area (Å²) in [6.45, 7) is 7.13. The van der Waals surface area contributed by atoms with Crippen LogP contribution < -0.4 is 0 Å². The number of nitrogens with zero attached hydrogens (tertiary/aromatic N) is 2. The molecule has 0 bridgehead atoms. The molecular formula is C16H22N2O2. The Bertz CT molecular complexity index is 475. The van der Waals surface area contributed by atoms with E-state index in [0.717, 1.165) is 0 Å². The highest BCUT2D eigenvalue weighted by Gasteiger charge is 2.34. The standard InChI is InChI=1S/C16H22N2O2/c1-4-15(19)17-10-12(2)18(13(3)11-17)16(20)14-8-6-5-7-9-14/h5-9,12-13H,4,10-11H2,1-3H3. The van der Waals surface area contributed by atoms with E-state index in [-0.39, 0.29) is 23.9 Å². The molecule has 0 N–H and O–H groups in total. The Morgan fingerprint density at radius 2 is 1.65 bits per heavy atom. The molecule has 1 heterocycles. The fraction of sp³-hybridized carbons (Fsp3) is 0.500. The van der Waals surface area contributed by atoms with Crippen LogP contribution in [0, 0.1) is 0 Å². The molecule has 0 spiro atoms. The van der Waals surface area contributed by atoms with E-state index in [1.165, 1.54) is 0 Å². The molecule has 1 fully saturated rings. The minimum Gasteiger partial charge on any atom is -0.339 e. The van der Waals surface area contributed by atoms with Gasteiger partial charge >= 0.3 is 0 Å². The normalized spacial score (nSPS) is 22.8. The van der Waals surface area contributed by atoms with Gasteiger partial charge in [0.25, 0.3) is 5.91 Å². The minimum atomic E-state index is 0.0435. The molecule has 2 unspecified atom stereocenters. The lowest BCUT2D eigenvalue weighted by atomic mass is 10.0. The lowest BCUT2D eigenvalue weighted by Crippen LogP contribution is -2.59. The summed E-state index contributed by atoms with van der Waals surface area (Å²) in [4.78, 5) is 28.2. The average Bonchev–Trinajstić information content (AvgIpc) is 2.46. The molecule has 4 nitrogen and oxygen atoms in total. The lowest BCUT2D eigenvalue weighted by molar-refractivity contribution is -0.134. The van der Waals surface area contributed by atoms with E-state index >= 15 is 0 Å². The average molecular weight is 274 g/mol. The van der Waals surface area contributed by atoms with Gasteiger partial charge in [0.2, 0.25) is 5.91 Å². The maximum absolute atomic E-state index is 12.6. The first-order chi connectivity index (χ1) is 9.54. The smallest absolute Gasteiger partial charge is 0.254 e. The monoisotopic (exact) mass is 274 g/mol. The highest BCUT2D eigenvalue weighted by atomic mass is 16.2. The second-order valence-electron chi connectivity index (χ2n) is 5.43. The third-order valence-electron chi connectivity index (χ3n) is 3.83. The Morgan fingerprint density at radius 3 is 2.15 bits per heavy atom. The predicted octanol–water partition coefficient (Wildman–Crippen LogP) is 2.16. The number of benzene rings is 1. The van der Waals surface area contributed by atoms with Gasteiger partial charge in [0.1, 0.15) is 0 Å². The van der Waals surface area contributed by atoms with E-state index < -0.39 is 0 Å². The van der Waals surface area contributed by atoms with Crippen LogP contribution in [0.25, 0.3) is 0 Å². The summed E-state index contributed by atoms with van der Waals surface area (Å²) in [6.07, 6.45) is 0.520. The maximum atomic E-state index is 12.6. The van der Waals surface area contributed by atoms with E-state index in [1.807, 2.05) is 60.9 Å². The number of piperazine rings is 1. The number of rotatable bonds is 2. The molecule has 0 aliphatic carbocycles. The molecule has 4 heteroatoms. The second-order valence-corrected chi connectivity index (χ2v) is 5.43. The molecule has 1 saturated heterocycles. The summed E-state index contributed by atoms with van der Waals surface area (Å²) in [6, 6.07) is 9.42. The molecule has 1 aromatic carbocycles. The summed E-state index contributed by atoms with van der Waals surface area (Å²) in [5, 5.41) is 0. The van der Waals surface area contributed by atoms with Crippen LogP contribution in [-0.4, -0.2) is 46.8 Å². The first-order valence-corrected chi connectivity index (χ1v) is 7.20. The van der Waals surface area contributed by atoms with Gasteiger partial charge in [-0.15, -0.1) is 0 Å². The van der Waals surface area contributed by atoms with E-state index in [9.17, 15) is 9.59 Å². The highest BCUT2D eigenvalue weighted by molar-refractivity contribution is 5.94. The largest absolute Gasteiger partial charge is 0.339 e. The molecule has 2 amide bonds. The number of hydrogen-bond acceptors (Lipinski definition) is 2. The van der Waals surface area contributed by atoms with Crippen LogP contribution in [0.1, 0.15) is 37.6 Å². The summed E-state index contributed by atoms with van der Waals surface area (Å²) in [7, 11) is 0. The van der Waals surface area contributed by atoms with Gasteiger partial charge in [0, 0.05) is 37.2 Å². The molecule has 0 aromatic heterocycles. The number of carbonyl (C=O) groups is 2. The Hall–Kier alpha value is -1.84. The van der Waals surface area contributed by atoms with Gasteiger partial charge in [-0.25, -0.2) is 0 Å². The van der Waals surface area contributed by atoms with Crippen molar-refractivity contribution in [3.8, 4) is 0 Å². The van der Waals surface area contributed by atoms with Gasteiger partial charge in [-0.3, -0.25) is 9.59 Å². The minimum absolute atomic E-state index is 0.0435. The summed E-state index contributed by atoms with van der Waals surface area (Å²) in [5.41, 5.74) is 0.710. The molecule has 0 saturated carbocycles. The van der Waals surface area contributed by atoms with Crippen molar-refractivity contribution >= 4 is 11.8 Å². The number of hydrogen-bond donors (Lipinski definition) is 0. The highest BCUT2D eigenvalue weighted by Crippen LogP contribution is 2.19. The van der Waals surface area contributed by atoms with Gasteiger partial charge in [-0.05, 0) is 26.0 Å². The van der Waals surface area contributed by atoms with Crippen molar-refractivity contribution in [3.05, 3.63) is 35.9 Å². The first kappa shape index (κ1) is 14.6. The summed E-state index contributed by atoms with van der Waals surface area (Å²) < 4.78 is 0. The van der Waals surface area contributed by atoms with Crippen LogP contribution in [0.15, 0.2) is 30.3 Å². The Morgan fingerprint density at radius 1 is 1.10 bits per heavy atom. The van der Waals surface area contributed by atoms with Crippen LogP contribution in [0.5, 0.6) is 0 Å². The molecule has 2 rings (SSSR count). The first-order valence-electron chi connectivity index (χ1n) is 7.20. The number of carbonyl (C=O) groups excluding carboxylic acids is 2. The number of amides is 2. The van der Waals surface area contributed by atoms with Gasteiger partial charge < -0.3 is 9.80 Å². The van der Waals surface area contributed by atoms with Crippen LogP contribution in [0.2, 0.25) is 0 Å². The molecule has 20 heavy (non-hydrogen) atoms. The summed E-state index contributed by atoms with van der Waals surface area (Å²) in [5.74, 6) is 0.213. The molecule has 1 aromatic rings. The van der Waals surface area contributed by atoms with Gasteiger partial charge in [0.15, 0.2) is 0 Å². The molecule has 2 atom stereocenters. The summed E-state index contributed by atoms with van der Waals surface area (Å²) >= 11 is 0. The van der Waals surface area contributed by atoms with E-state index in [2.05, 4.69) is 0 Å². The molecule has 108 valence electrons. The van der Waals surface area contributed by atoms with Crippen molar-refractivity contribution in [2.45, 2.75) is 39.3 Å². The van der Waals surface area contributed by atoms with Crippen molar-refractivity contribution in [3.63, 3.8) is 0 Å². The van der Waals surface area contributed by atoms with Crippen molar-refractivity contribution in [2.24, 2.45) is 0 Å². The maximum Gasteiger partial charge on any atom is 0.254 e. The predicted molar refractivity (Wildman–Crippen MR) is 78.4 cm³/mol. The van der Waals surface area contributed by atoms with Crippen molar-refractivity contribution in [1.82, 2.24) is 9.80 Å². The van der Waals surface area contributed by atoms with Crippen LogP contribution in [0.4, 0.5) is 0 Å². The van der Waals surface area contributed by atoms with Crippen molar-refractivity contribution < 1.29 is 9.59 Å². The zero-order valence-electron chi connectivity index (χ0n) is 12.4. The molecule has 0 radical (unpaired) electrons. The lowest BCUT2D eigenvalue weighted by Gasteiger charge is -2.44.